The van der Waals surface area contributed by atoms with Gasteiger partial charge in [0.15, 0.2) is 0 Å². The molecule has 1 aliphatic carbocycles. The maximum Gasteiger partial charge on any atom is 0.146 e. The van der Waals surface area contributed by atoms with Gasteiger partial charge in [-0.05, 0) is 105 Å². The average molecular weight is 609 g/mol. The molecule has 0 aliphatic heterocycles. The van der Waals surface area contributed by atoms with Gasteiger partial charge >= 0.3 is 0 Å². The lowest BCUT2D eigenvalue weighted by molar-refractivity contribution is 0.669. The lowest BCUT2D eigenvalue weighted by Gasteiger charge is -2.25. The standard InChI is InChI=1S/C44H36N2O/c1-26(2)36-23-30(28-20-21-34-33-14-7-10-19-41(33)47-42(34)25-28)24-37(27(3)4)43(36)46-40-18-9-8-17-39(40)45-44(46)35-16-11-15-32-31-13-6-5-12-29(31)22-38(32)35/h5-21,23-27H,22H2,1-4H3. The number of furan rings is 1. The van der Waals surface area contributed by atoms with E-state index in [0.29, 0.717) is 0 Å². The SMILES string of the molecule is CC(C)c1cc(-c2ccc3c(c2)oc2ccccc23)cc(C(C)C)c1-n1c(-c2cccc3c2Cc2ccccc2-3)nc2ccccc21. The van der Waals surface area contributed by atoms with E-state index in [4.69, 9.17) is 9.40 Å². The van der Waals surface area contributed by atoms with Crippen LogP contribution < -0.4 is 0 Å². The quantitative estimate of drug-likeness (QED) is 0.195. The second kappa shape index (κ2) is 10.6. The van der Waals surface area contributed by atoms with Gasteiger partial charge in [0, 0.05) is 16.3 Å². The van der Waals surface area contributed by atoms with E-state index in [0.717, 1.165) is 45.2 Å². The van der Waals surface area contributed by atoms with Crippen molar-refractivity contribution >= 4 is 33.0 Å². The monoisotopic (exact) mass is 608 g/mol. The Kier molecular flexibility index (Phi) is 6.26. The minimum atomic E-state index is 0.289. The van der Waals surface area contributed by atoms with Crippen molar-refractivity contribution in [1.82, 2.24) is 9.55 Å². The molecule has 8 aromatic rings. The first kappa shape index (κ1) is 27.9. The van der Waals surface area contributed by atoms with Gasteiger partial charge in [0.2, 0.25) is 0 Å². The number of para-hydroxylation sites is 3. The summed E-state index contributed by atoms with van der Waals surface area (Å²) in [6, 6.07) is 43.9. The summed E-state index contributed by atoms with van der Waals surface area (Å²) in [5.41, 5.74) is 16.9. The van der Waals surface area contributed by atoms with Crippen molar-refractivity contribution in [3.8, 4) is 39.3 Å². The summed E-state index contributed by atoms with van der Waals surface area (Å²) >= 11 is 0. The van der Waals surface area contributed by atoms with E-state index in [1.54, 1.807) is 0 Å². The number of imidazole rings is 1. The summed E-state index contributed by atoms with van der Waals surface area (Å²) in [5, 5.41) is 2.31. The smallest absolute Gasteiger partial charge is 0.146 e. The van der Waals surface area contributed by atoms with E-state index in [1.807, 2.05) is 12.1 Å². The molecular formula is C44H36N2O. The van der Waals surface area contributed by atoms with Crippen LogP contribution in [0.1, 0.15) is 61.8 Å². The highest BCUT2D eigenvalue weighted by atomic mass is 16.3. The Hall–Kier alpha value is -5.41. The summed E-state index contributed by atoms with van der Waals surface area (Å²) < 4.78 is 8.78. The van der Waals surface area contributed by atoms with Crippen LogP contribution in [0.2, 0.25) is 0 Å². The van der Waals surface area contributed by atoms with Crippen LogP contribution in [0.4, 0.5) is 0 Å². The second-order valence-electron chi connectivity index (χ2n) is 13.5. The van der Waals surface area contributed by atoms with E-state index in [2.05, 4.69) is 141 Å². The molecule has 0 saturated carbocycles. The van der Waals surface area contributed by atoms with Crippen LogP contribution in [0, 0.1) is 0 Å². The van der Waals surface area contributed by atoms with E-state index < -0.39 is 0 Å². The Balaban J connectivity index is 1.30. The van der Waals surface area contributed by atoms with Gasteiger partial charge in [0.25, 0.3) is 0 Å². The van der Waals surface area contributed by atoms with Gasteiger partial charge in [-0.15, -0.1) is 0 Å². The maximum absolute atomic E-state index is 6.31. The molecule has 0 N–H and O–H groups in total. The molecule has 9 rings (SSSR count). The third kappa shape index (κ3) is 4.30. The first-order valence-electron chi connectivity index (χ1n) is 16.7. The molecule has 0 radical (unpaired) electrons. The first-order valence-corrected chi connectivity index (χ1v) is 16.7. The van der Waals surface area contributed by atoms with Gasteiger partial charge in [-0.25, -0.2) is 4.98 Å². The summed E-state index contributed by atoms with van der Waals surface area (Å²) in [4.78, 5) is 5.39. The van der Waals surface area contributed by atoms with Crippen LogP contribution in [-0.2, 0) is 6.42 Å². The third-order valence-electron chi connectivity index (χ3n) is 10.0. The van der Waals surface area contributed by atoms with Crippen LogP contribution >= 0.6 is 0 Å². The molecule has 6 aromatic carbocycles. The van der Waals surface area contributed by atoms with E-state index in [9.17, 15) is 0 Å². The lowest BCUT2D eigenvalue weighted by atomic mass is 9.87. The molecule has 2 aromatic heterocycles. The molecule has 0 unspecified atom stereocenters. The van der Waals surface area contributed by atoms with E-state index >= 15 is 0 Å². The van der Waals surface area contributed by atoms with Crippen LogP contribution in [-0.4, -0.2) is 9.55 Å². The number of hydrogen-bond acceptors (Lipinski definition) is 2. The molecule has 0 saturated heterocycles. The Morgan fingerprint density at radius 3 is 2.11 bits per heavy atom. The largest absolute Gasteiger partial charge is 0.456 e. The molecule has 1 aliphatic rings. The molecule has 0 atom stereocenters. The topological polar surface area (TPSA) is 31.0 Å². The number of rotatable bonds is 5. The van der Waals surface area contributed by atoms with Crippen molar-refractivity contribution in [3.63, 3.8) is 0 Å². The minimum Gasteiger partial charge on any atom is -0.456 e. The molecule has 2 heterocycles. The molecule has 3 heteroatoms. The number of fused-ring (bicyclic) bond motifs is 7. The zero-order valence-electron chi connectivity index (χ0n) is 27.2. The highest BCUT2D eigenvalue weighted by molar-refractivity contribution is 6.06. The zero-order chi connectivity index (χ0) is 31.8. The van der Waals surface area contributed by atoms with Crippen LogP contribution in [0.3, 0.4) is 0 Å². The average Bonchev–Trinajstić information content (AvgIpc) is 3.78. The molecule has 228 valence electrons. The first-order chi connectivity index (χ1) is 23.0. The zero-order valence-corrected chi connectivity index (χ0v) is 27.2. The van der Waals surface area contributed by atoms with Crippen molar-refractivity contribution in [2.45, 2.75) is 46.0 Å². The minimum absolute atomic E-state index is 0.289. The molecule has 0 spiro atoms. The van der Waals surface area contributed by atoms with E-state index in [1.165, 1.54) is 55.8 Å². The fourth-order valence-electron chi connectivity index (χ4n) is 7.69. The number of nitrogens with zero attached hydrogens (tertiary/aromatic N) is 2. The summed E-state index contributed by atoms with van der Waals surface area (Å²) in [6.45, 7) is 9.24. The van der Waals surface area contributed by atoms with Crippen LogP contribution in [0.15, 0.2) is 126 Å². The molecule has 47 heavy (non-hydrogen) atoms. The van der Waals surface area contributed by atoms with E-state index in [-0.39, 0.29) is 11.8 Å². The fourth-order valence-corrected chi connectivity index (χ4v) is 7.69. The summed E-state index contributed by atoms with van der Waals surface area (Å²) in [5.74, 6) is 1.59. The Labute approximate surface area is 275 Å². The van der Waals surface area contributed by atoms with Crippen LogP contribution in [0.5, 0.6) is 0 Å². The highest BCUT2D eigenvalue weighted by Gasteiger charge is 2.27. The predicted octanol–water partition coefficient (Wildman–Crippen LogP) is 12.1. The second-order valence-corrected chi connectivity index (χ2v) is 13.5. The normalized spacial score (nSPS) is 12.6. The van der Waals surface area contributed by atoms with Crippen molar-refractivity contribution in [3.05, 3.63) is 144 Å². The van der Waals surface area contributed by atoms with Crippen LogP contribution in [0.25, 0.3) is 72.3 Å². The molecule has 0 fully saturated rings. The van der Waals surface area contributed by atoms with Gasteiger partial charge in [-0.3, -0.25) is 4.57 Å². The lowest BCUT2D eigenvalue weighted by Crippen LogP contribution is -2.10. The molecule has 0 amide bonds. The predicted molar refractivity (Wildman–Crippen MR) is 196 cm³/mol. The van der Waals surface area contributed by atoms with Gasteiger partial charge in [-0.1, -0.05) is 107 Å². The van der Waals surface area contributed by atoms with Gasteiger partial charge < -0.3 is 4.42 Å². The maximum atomic E-state index is 6.31. The molecular weight excluding hydrogens is 572 g/mol. The number of benzene rings is 6. The Morgan fingerprint density at radius 1 is 0.596 bits per heavy atom. The Morgan fingerprint density at radius 2 is 1.28 bits per heavy atom. The summed E-state index contributed by atoms with van der Waals surface area (Å²) in [7, 11) is 0. The van der Waals surface area contributed by atoms with Crippen molar-refractivity contribution < 1.29 is 4.42 Å². The fraction of sp³-hybridized carbons (Fsp3) is 0.159. The Bertz CT molecular complexity index is 2480. The molecule has 3 nitrogen and oxygen atoms in total. The molecule has 0 bridgehead atoms. The third-order valence-corrected chi connectivity index (χ3v) is 10.0. The number of aromatic nitrogens is 2. The number of hydrogen-bond donors (Lipinski definition) is 0. The van der Waals surface area contributed by atoms with Crippen molar-refractivity contribution in [2.24, 2.45) is 0 Å². The highest BCUT2D eigenvalue weighted by Crippen LogP contribution is 2.45. The van der Waals surface area contributed by atoms with Gasteiger partial charge in [0.1, 0.15) is 17.0 Å². The van der Waals surface area contributed by atoms with Crippen molar-refractivity contribution in [2.75, 3.05) is 0 Å². The van der Waals surface area contributed by atoms with Gasteiger partial charge in [0.05, 0.1) is 16.7 Å². The summed E-state index contributed by atoms with van der Waals surface area (Å²) in [6.07, 6.45) is 0.919. The van der Waals surface area contributed by atoms with Crippen molar-refractivity contribution in [1.29, 1.82) is 0 Å². The van der Waals surface area contributed by atoms with Gasteiger partial charge in [-0.2, -0.15) is 0 Å².